The first kappa shape index (κ1) is 10.5. The molecule has 2 rings (SSSR count). The summed E-state index contributed by atoms with van der Waals surface area (Å²) in [5, 5.41) is 0. The van der Waals surface area contributed by atoms with E-state index in [9.17, 15) is 0 Å². The second-order valence-electron chi connectivity index (χ2n) is 4.64. The van der Waals surface area contributed by atoms with Crippen molar-refractivity contribution in [2.75, 3.05) is 0 Å². The van der Waals surface area contributed by atoms with Crippen LogP contribution in [-0.2, 0) is 11.8 Å². The predicted molar refractivity (Wildman–Crippen MR) is 63.3 cm³/mol. The monoisotopic (exact) mass is 221 g/mol. The minimum atomic E-state index is 0.0000463. The molecule has 2 heterocycles. The summed E-state index contributed by atoms with van der Waals surface area (Å²) >= 11 is 1.48. The molecule has 15 heavy (non-hydrogen) atoms. The van der Waals surface area contributed by atoms with Crippen LogP contribution >= 0.6 is 11.5 Å². The summed E-state index contributed by atoms with van der Waals surface area (Å²) in [5.41, 5.74) is 2.10. The Balaban J connectivity index is 2.69. The molecule has 0 N–H and O–H groups in total. The number of hydrogen-bond donors (Lipinski definition) is 0. The predicted octanol–water partition coefficient (Wildman–Crippen LogP) is 2.95. The standard InChI is InChI=1S/C11H15N3S/c1-5-7-9-8(6-12-15-9)14-10(13-7)11(2,3)4/h6H,5H2,1-4H3. The number of nitrogens with zero attached hydrogens (tertiary/aromatic N) is 3. The molecule has 3 nitrogen and oxygen atoms in total. The summed E-state index contributed by atoms with van der Waals surface area (Å²) in [6.07, 6.45) is 2.76. The van der Waals surface area contributed by atoms with E-state index in [1.807, 2.05) is 6.20 Å². The van der Waals surface area contributed by atoms with Gasteiger partial charge in [-0.3, -0.25) is 0 Å². The van der Waals surface area contributed by atoms with Crippen LogP contribution in [0.15, 0.2) is 6.20 Å². The zero-order valence-electron chi connectivity index (χ0n) is 9.53. The minimum Gasteiger partial charge on any atom is -0.236 e. The number of aromatic nitrogens is 3. The summed E-state index contributed by atoms with van der Waals surface area (Å²) in [4.78, 5) is 9.17. The lowest BCUT2D eigenvalue weighted by Gasteiger charge is -2.17. The average Bonchev–Trinajstić information content (AvgIpc) is 2.62. The molecular weight excluding hydrogens is 206 g/mol. The number of aryl methyl sites for hydroxylation is 1. The fraction of sp³-hybridized carbons (Fsp3) is 0.545. The molecule has 0 radical (unpaired) electrons. The molecule has 0 atom stereocenters. The van der Waals surface area contributed by atoms with Gasteiger partial charge in [0.15, 0.2) is 0 Å². The van der Waals surface area contributed by atoms with Gasteiger partial charge >= 0.3 is 0 Å². The maximum atomic E-state index is 4.62. The second-order valence-corrected chi connectivity index (χ2v) is 5.44. The van der Waals surface area contributed by atoms with Gasteiger partial charge in [0.25, 0.3) is 0 Å². The van der Waals surface area contributed by atoms with Gasteiger partial charge in [-0.15, -0.1) is 0 Å². The second kappa shape index (κ2) is 3.52. The van der Waals surface area contributed by atoms with Gasteiger partial charge in [-0.05, 0) is 18.0 Å². The lowest BCUT2D eigenvalue weighted by molar-refractivity contribution is 0.545. The van der Waals surface area contributed by atoms with E-state index >= 15 is 0 Å². The molecule has 0 aliphatic heterocycles. The van der Waals surface area contributed by atoms with Crippen molar-refractivity contribution < 1.29 is 0 Å². The van der Waals surface area contributed by atoms with Crippen molar-refractivity contribution in [3.8, 4) is 0 Å². The highest BCUT2D eigenvalue weighted by molar-refractivity contribution is 7.13. The fourth-order valence-electron chi connectivity index (χ4n) is 1.41. The van der Waals surface area contributed by atoms with Crippen LogP contribution in [0.3, 0.4) is 0 Å². The topological polar surface area (TPSA) is 38.7 Å². The lowest BCUT2D eigenvalue weighted by atomic mass is 9.95. The van der Waals surface area contributed by atoms with Crippen LogP contribution in [0.2, 0.25) is 0 Å². The van der Waals surface area contributed by atoms with Gasteiger partial charge in [0.05, 0.1) is 16.6 Å². The van der Waals surface area contributed by atoms with Gasteiger partial charge in [-0.2, -0.15) is 4.37 Å². The lowest BCUT2D eigenvalue weighted by Crippen LogP contribution is -2.16. The molecule has 0 amide bonds. The first-order valence-corrected chi connectivity index (χ1v) is 5.91. The minimum absolute atomic E-state index is 0.0000463. The summed E-state index contributed by atoms with van der Waals surface area (Å²) < 4.78 is 5.30. The Morgan fingerprint density at radius 1 is 1.27 bits per heavy atom. The SMILES string of the molecule is CCc1nc(C(C)(C)C)nc2cnsc12. The molecule has 0 unspecified atom stereocenters. The van der Waals surface area contributed by atoms with E-state index in [0.717, 1.165) is 28.2 Å². The first-order chi connectivity index (χ1) is 7.02. The zero-order valence-corrected chi connectivity index (χ0v) is 10.4. The van der Waals surface area contributed by atoms with Crippen LogP contribution in [-0.4, -0.2) is 14.3 Å². The normalized spacial score (nSPS) is 12.3. The van der Waals surface area contributed by atoms with E-state index in [2.05, 4.69) is 42.0 Å². The molecule has 0 spiro atoms. The van der Waals surface area contributed by atoms with Crippen molar-refractivity contribution in [3.05, 3.63) is 17.7 Å². The maximum Gasteiger partial charge on any atom is 0.134 e. The van der Waals surface area contributed by atoms with Crippen LogP contribution in [0, 0.1) is 0 Å². The molecule has 0 aromatic carbocycles. The number of hydrogen-bond acceptors (Lipinski definition) is 4. The van der Waals surface area contributed by atoms with Gasteiger partial charge < -0.3 is 0 Å². The van der Waals surface area contributed by atoms with E-state index in [-0.39, 0.29) is 5.41 Å². The van der Waals surface area contributed by atoms with Crippen molar-refractivity contribution >= 4 is 21.7 Å². The quantitative estimate of drug-likeness (QED) is 0.743. The van der Waals surface area contributed by atoms with Gasteiger partial charge in [0.1, 0.15) is 11.3 Å². The van der Waals surface area contributed by atoms with E-state index in [0.29, 0.717) is 0 Å². The summed E-state index contributed by atoms with van der Waals surface area (Å²) in [6.45, 7) is 8.52. The average molecular weight is 221 g/mol. The highest BCUT2D eigenvalue weighted by atomic mass is 32.1. The van der Waals surface area contributed by atoms with Crippen molar-refractivity contribution in [1.29, 1.82) is 0 Å². The third-order valence-electron chi connectivity index (χ3n) is 2.29. The van der Waals surface area contributed by atoms with E-state index in [1.54, 1.807) is 0 Å². The Labute approximate surface area is 93.7 Å². The number of rotatable bonds is 1. The number of fused-ring (bicyclic) bond motifs is 1. The molecular formula is C11H15N3S. The third kappa shape index (κ3) is 1.86. The summed E-state index contributed by atoms with van der Waals surface area (Å²) in [6, 6.07) is 0. The van der Waals surface area contributed by atoms with Crippen LogP contribution < -0.4 is 0 Å². The van der Waals surface area contributed by atoms with Gasteiger partial charge in [-0.1, -0.05) is 27.7 Å². The molecule has 80 valence electrons. The molecule has 0 aliphatic carbocycles. The van der Waals surface area contributed by atoms with E-state index < -0.39 is 0 Å². The van der Waals surface area contributed by atoms with Crippen LogP contribution in [0.4, 0.5) is 0 Å². The van der Waals surface area contributed by atoms with Crippen molar-refractivity contribution in [3.63, 3.8) is 0 Å². The Morgan fingerprint density at radius 2 is 2.00 bits per heavy atom. The van der Waals surface area contributed by atoms with Crippen molar-refractivity contribution in [2.24, 2.45) is 0 Å². The molecule has 2 aromatic rings. The molecule has 2 aromatic heterocycles. The highest BCUT2D eigenvalue weighted by Crippen LogP contribution is 2.25. The molecule has 4 heteroatoms. The molecule has 0 saturated heterocycles. The Hall–Kier alpha value is -1.03. The zero-order chi connectivity index (χ0) is 11.1. The Kier molecular flexibility index (Phi) is 2.46. The van der Waals surface area contributed by atoms with Crippen molar-refractivity contribution in [2.45, 2.75) is 39.5 Å². The fourth-order valence-corrected chi connectivity index (χ4v) is 2.15. The molecule has 0 bridgehead atoms. The Morgan fingerprint density at radius 3 is 2.60 bits per heavy atom. The van der Waals surface area contributed by atoms with Crippen LogP contribution in [0.1, 0.15) is 39.2 Å². The largest absolute Gasteiger partial charge is 0.236 e. The van der Waals surface area contributed by atoms with Gasteiger partial charge in [-0.25, -0.2) is 9.97 Å². The third-order valence-corrected chi connectivity index (χ3v) is 3.12. The van der Waals surface area contributed by atoms with E-state index in [1.165, 1.54) is 11.5 Å². The van der Waals surface area contributed by atoms with Crippen LogP contribution in [0.5, 0.6) is 0 Å². The molecule has 0 aliphatic rings. The first-order valence-electron chi connectivity index (χ1n) is 5.14. The highest BCUT2D eigenvalue weighted by Gasteiger charge is 2.19. The summed E-state index contributed by atoms with van der Waals surface area (Å²) in [5.74, 6) is 0.909. The van der Waals surface area contributed by atoms with E-state index in [4.69, 9.17) is 0 Å². The molecule has 0 fully saturated rings. The Bertz CT molecular complexity index is 482. The maximum absolute atomic E-state index is 4.62. The van der Waals surface area contributed by atoms with Crippen molar-refractivity contribution in [1.82, 2.24) is 14.3 Å². The molecule has 0 saturated carbocycles. The summed E-state index contributed by atoms with van der Waals surface area (Å²) in [7, 11) is 0. The van der Waals surface area contributed by atoms with Gasteiger partial charge in [0.2, 0.25) is 0 Å². The van der Waals surface area contributed by atoms with Gasteiger partial charge in [0, 0.05) is 5.41 Å². The van der Waals surface area contributed by atoms with Crippen LogP contribution in [0.25, 0.3) is 10.2 Å². The smallest absolute Gasteiger partial charge is 0.134 e.